The highest BCUT2D eigenvalue weighted by Crippen LogP contribution is 2.26. The number of alkyl halides is 2. The number of hydrogen-bond donors (Lipinski definition) is 1. The van der Waals surface area contributed by atoms with Crippen molar-refractivity contribution >= 4 is 11.0 Å². The Kier molecular flexibility index (Phi) is 3.71. The Morgan fingerprint density at radius 3 is 2.76 bits per heavy atom. The van der Waals surface area contributed by atoms with E-state index in [4.69, 9.17) is 14.9 Å². The third-order valence-corrected chi connectivity index (χ3v) is 2.46. The minimum absolute atomic E-state index is 0.0194. The van der Waals surface area contributed by atoms with Gasteiger partial charge in [-0.25, -0.2) is 8.78 Å². The highest BCUT2D eigenvalue weighted by atomic mass is 19.3. The summed E-state index contributed by atoms with van der Waals surface area (Å²) in [5.74, 6) is 0.523. The van der Waals surface area contributed by atoms with Gasteiger partial charge in [-0.1, -0.05) is 18.2 Å². The highest BCUT2D eigenvalue weighted by molar-refractivity contribution is 5.82. The van der Waals surface area contributed by atoms with E-state index in [2.05, 4.69) is 0 Å². The van der Waals surface area contributed by atoms with Crippen LogP contribution in [0.25, 0.3) is 11.0 Å². The summed E-state index contributed by atoms with van der Waals surface area (Å²) in [6.07, 6.45) is -2.47. The van der Waals surface area contributed by atoms with E-state index in [0.29, 0.717) is 17.9 Å². The van der Waals surface area contributed by atoms with Crippen LogP contribution in [-0.4, -0.2) is 13.0 Å². The normalized spacial score (nSPS) is 11.5. The Morgan fingerprint density at radius 1 is 1.29 bits per heavy atom. The summed E-state index contributed by atoms with van der Waals surface area (Å²) in [7, 11) is 0. The molecule has 3 nitrogen and oxygen atoms in total. The molecule has 0 fully saturated rings. The van der Waals surface area contributed by atoms with Crippen LogP contribution in [0.2, 0.25) is 0 Å². The first-order valence-corrected chi connectivity index (χ1v) is 5.27. The summed E-state index contributed by atoms with van der Waals surface area (Å²) < 4.78 is 34.3. The SMILES string of the molecule is NCc1c(COCC(F)F)oc2ccccc12. The van der Waals surface area contributed by atoms with Crippen LogP contribution in [0.4, 0.5) is 8.78 Å². The molecule has 0 bridgehead atoms. The molecule has 1 aromatic heterocycles. The van der Waals surface area contributed by atoms with E-state index >= 15 is 0 Å². The van der Waals surface area contributed by atoms with E-state index in [1.807, 2.05) is 24.3 Å². The standard InChI is InChI=1S/C12H13F2NO2/c13-12(14)7-16-6-11-9(5-15)8-3-1-2-4-10(8)17-11/h1-4,12H,5-7,15H2. The lowest BCUT2D eigenvalue weighted by Crippen LogP contribution is -2.06. The molecule has 2 aromatic rings. The fourth-order valence-corrected chi connectivity index (χ4v) is 1.73. The largest absolute Gasteiger partial charge is 0.458 e. The predicted molar refractivity (Wildman–Crippen MR) is 59.8 cm³/mol. The molecule has 0 unspecified atom stereocenters. The lowest BCUT2D eigenvalue weighted by atomic mass is 10.1. The fraction of sp³-hybridized carbons (Fsp3) is 0.333. The van der Waals surface area contributed by atoms with Crippen molar-refractivity contribution in [3.05, 3.63) is 35.6 Å². The third kappa shape index (κ3) is 2.62. The van der Waals surface area contributed by atoms with Gasteiger partial charge in [0.05, 0.1) is 0 Å². The molecule has 2 N–H and O–H groups in total. The Morgan fingerprint density at radius 2 is 2.06 bits per heavy atom. The molecule has 2 rings (SSSR count). The van der Waals surface area contributed by atoms with Crippen LogP contribution in [-0.2, 0) is 17.9 Å². The van der Waals surface area contributed by atoms with E-state index in [9.17, 15) is 8.78 Å². The molecular formula is C12H13F2NO2. The van der Waals surface area contributed by atoms with Gasteiger partial charge in [-0.3, -0.25) is 0 Å². The zero-order valence-electron chi connectivity index (χ0n) is 9.16. The van der Waals surface area contributed by atoms with Gasteiger partial charge >= 0.3 is 0 Å². The Bertz CT molecular complexity index is 496. The lowest BCUT2D eigenvalue weighted by Gasteiger charge is -2.02. The molecule has 0 aliphatic carbocycles. The van der Waals surface area contributed by atoms with Gasteiger partial charge in [0.15, 0.2) is 0 Å². The van der Waals surface area contributed by atoms with Crippen molar-refractivity contribution in [2.75, 3.05) is 6.61 Å². The van der Waals surface area contributed by atoms with Crippen molar-refractivity contribution in [2.24, 2.45) is 5.73 Å². The van der Waals surface area contributed by atoms with Crippen LogP contribution in [0.3, 0.4) is 0 Å². The second-order valence-electron chi connectivity index (χ2n) is 3.61. The number of fused-ring (bicyclic) bond motifs is 1. The van der Waals surface area contributed by atoms with Crippen LogP contribution in [0.1, 0.15) is 11.3 Å². The average Bonchev–Trinajstić information content (AvgIpc) is 2.66. The zero-order chi connectivity index (χ0) is 12.3. The first-order valence-electron chi connectivity index (χ1n) is 5.27. The van der Waals surface area contributed by atoms with Gasteiger partial charge < -0.3 is 14.9 Å². The Balaban J connectivity index is 2.21. The van der Waals surface area contributed by atoms with Crippen LogP contribution in [0.5, 0.6) is 0 Å². The molecule has 0 spiro atoms. The molecule has 0 saturated heterocycles. The molecule has 5 heteroatoms. The van der Waals surface area contributed by atoms with Gasteiger partial charge in [-0.15, -0.1) is 0 Å². The minimum atomic E-state index is -2.47. The van der Waals surface area contributed by atoms with Crippen molar-refractivity contribution in [2.45, 2.75) is 19.6 Å². The van der Waals surface area contributed by atoms with Crippen LogP contribution < -0.4 is 5.73 Å². The van der Waals surface area contributed by atoms with E-state index in [1.54, 1.807) is 0 Å². The summed E-state index contributed by atoms with van der Waals surface area (Å²) in [5, 5.41) is 0.908. The summed E-state index contributed by atoms with van der Waals surface area (Å²) in [5.41, 5.74) is 7.14. The van der Waals surface area contributed by atoms with Crippen molar-refractivity contribution < 1.29 is 17.9 Å². The summed E-state index contributed by atoms with van der Waals surface area (Å²) in [6, 6.07) is 7.42. The number of hydrogen-bond acceptors (Lipinski definition) is 3. The van der Waals surface area contributed by atoms with Gasteiger partial charge in [0, 0.05) is 17.5 Å². The van der Waals surface area contributed by atoms with Gasteiger partial charge in [0.25, 0.3) is 6.43 Å². The molecule has 0 aliphatic rings. The summed E-state index contributed by atoms with van der Waals surface area (Å²) in [6.45, 7) is -0.281. The van der Waals surface area contributed by atoms with E-state index in [1.165, 1.54) is 0 Å². The van der Waals surface area contributed by atoms with Gasteiger partial charge in [0.2, 0.25) is 0 Å². The number of para-hydroxylation sites is 1. The van der Waals surface area contributed by atoms with Gasteiger partial charge in [-0.05, 0) is 6.07 Å². The van der Waals surface area contributed by atoms with Crippen LogP contribution >= 0.6 is 0 Å². The molecular weight excluding hydrogens is 228 g/mol. The lowest BCUT2D eigenvalue weighted by molar-refractivity contribution is 0.00464. The molecule has 0 atom stereocenters. The highest BCUT2D eigenvalue weighted by Gasteiger charge is 2.13. The molecule has 0 radical (unpaired) electrons. The predicted octanol–water partition coefficient (Wildman–Crippen LogP) is 2.67. The topological polar surface area (TPSA) is 48.4 Å². The quantitative estimate of drug-likeness (QED) is 0.875. The monoisotopic (exact) mass is 241 g/mol. The smallest absolute Gasteiger partial charge is 0.261 e. The third-order valence-electron chi connectivity index (χ3n) is 2.46. The van der Waals surface area contributed by atoms with E-state index in [0.717, 1.165) is 10.9 Å². The van der Waals surface area contributed by atoms with Gasteiger partial charge in [0.1, 0.15) is 24.6 Å². The van der Waals surface area contributed by atoms with Crippen molar-refractivity contribution in [3.8, 4) is 0 Å². The zero-order valence-corrected chi connectivity index (χ0v) is 9.16. The van der Waals surface area contributed by atoms with Crippen LogP contribution in [0, 0.1) is 0 Å². The maximum atomic E-state index is 11.9. The fourth-order valence-electron chi connectivity index (χ4n) is 1.73. The van der Waals surface area contributed by atoms with Gasteiger partial charge in [-0.2, -0.15) is 0 Å². The number of furan rings is 1. The number of benzene rings is 1. The number of rotatable bonds is 5. The molecule has 0 amide bonds. The first-order chi connectivity index (χ1) is 8.22. The summed E-state index contributed by atoms with van der Waals surface area (Å²) >= 11 is 0. The number of halogens is 2. The second-order valence-corrected chi connectivity index (χ2v) is 3.61. The minimum Gasteiger partial charge on any atom is -0.458 e. The van der Waals surface area contributed by atoms with Crippen molar-refractivity contribution in [1.82, 2.24) is 0 Å². The Hall–Kier alpha value is -1.46. The molecule has 92 valence electrons. The molecule has 0 saturated carbocycles. The molecule has 1 heterocycles. The summed E-state index contributed by atoms with van der Waals surface area (Å²) in [4.78, 5) is 0. The van der Waals surface area contributed by atoms with Crippen molar-refractivity contribution in [1.29, 1.82) is 0 Å². The number of ether oxygens (including phenoxy) is 1. The van der Waals surface area contributed by atoms with E-state index in [-0.39, 0.29) is 6.61 Å². The molecule has 17 heavy (non-hydrogen) atoms. The molecule has 0 aliphatic heterocycles. The molecule has 1 aromatic carbocycles. The average molecular weight is 241 g/mol. The van der Waals surface area contributed by atoms with Crippen molar-refractivity contribution in [3.63, 3.8) is 0 Å². The van der Waals surface area contributed by atoms with E-state index < -0.39 is 13.0 Å². The first kappa shape index (κ1) is 12.0. The maximum absolute atomic E-state index is 11.9. The Labute approximate surface area is 97.2 Å². The second kappa shape index (κ2) is 5.25. The maximum Gasteiger partial charge on any atom is 0.261 e. The number of nitrogens with two attached hydrogens (primary N) is 1. The van der Waals surface area contributed by atoms with Crippen LogP contribution in [0.15, 0.2) is 28.7 Å².